The van der Waals surface area contributed by atoms with E-state index in [1.807, 2.05) is 0 Å². The number of aliphatic hydroxyl groups excluding tert-OH is 1. The molecule has 0 saturated heterocycles. The Morgan fingerprint density at radius 2 is 0.897 bits per heavy atom. The molecule has 3 unspecified atom stereocenters. The maximum absolute atomic E-state index is 12.3. The van der Waals surface area contributed by atoms with Crippen LogP contribution in [-0.4, -0.2) is 64.9 Å². The van der Waals surface area contributed by atoms with Crippen LogP contribution in [0.3, 0.4) is 0 Å². The van der Waals surface area contributed by atoms with Crippen LogP contribution in [0, 0.1) is 0 Å². The number of rotatable bonds is 45. The molecule has 0 heterocycles. The van der Waals surface area contributed by atoms with Gasteiger partial charge in [0.25, 0.3) is 0 Å². The molecular weight excluding hydrogens is 757 g/mol. The van der Waals surface area contributed by atoms with Crippen LogP contribution >= 0.6 is 7.82 Å². The van der Waals surface area contributed by atoms with Crippen LogP contribution in [-0.2, 0) is 32.7 Å². The van der Waals surface area contributed by atoms with E-state index in [2.05, 4.69) is 31.3 Å². The monoisotopic (exact) mass is 846 g/mol. The molecule has 0 bridgehead atoms. The van der Waals surface area contributed by atoms with E-state index in [1.54, 1.807) is 0 Å². The molecule has 0 aliphatic carbocycles. The zero-order chi connectivity index (χ0) is 42.8. The SMILES string of the molecule is CCCCCCCC/C=C/CCCCCCCCCCCCCC(=O)NC(COP(=O)(O)OCC(O)COC(=O)CCCCCCCCCCCCCCC)C(=O)O. The van der Waals surface area contributed by atoms with Crippen molar-refractivity contribution in [3.8, 4) is 0 Å². The first kappa shape index (κ1) is 56.2. The zero-order valence-electron chi connectivity index (χ0n) is 37.1. The Morgan fingerprint density at radius 3 is 1.31 bits per heavy atom. The van der Waals surface area contributed by atoms with E-state index < -0.39 is 57.6 Å². The molecule has 3 atom stereocenters. The van der Waals surface area contributed by atoms with E-state index in [4.69, 9.17) is 13.8 Å². The van der Waals surface area contributed by atoms with Gasteiger partial charge in [-0.25, -0.2) is 9.36 Å². The molecule has 0 aliphatic rings. The number of hydrogen-bond donors (Lipinski definition) is 4. The van der Waals surface area contributed by atoms with E-state index in [0.717, 1.165) is 38.5 Å². The van der Waals surface area contributed by atoms with Gasteiger partial charge in [0.15, 0.2) is 6.04 Å². The van der Waals surface area contributed by atoms with Crippen molar-refractivity contribution in [2.45, 2.75) is 244 Å². The van der Waals surface area contributed by atoms with Crippen molar-refractivity contribution in [3.05, 3.63) is 12.2 Å². The summed E-state index contributed by atoms with van der Waals surface area (Å²) < 4.78 is 26.9. The second kappa shape index (κ2) is 41.9. The number of nitrogens with one attached hydrogen (secondary N) is 1. The standard InChI is InChI=1S/C46H88NO10P/c1-3-5-7-9-11-13-15-17-18-19-20-21-22-23-24-26-27-29-31-33-35-37-44(49)47-43(46(51)52)41-57-58(53,54)56-40-42(48)39-55-45(50)38-36-34-32-30-28-25-16-14-12-10-8-6-4-2/h17-18,42-43,48H,3-16,19-41H2,1-2H3,(H,47,49)(H,51,52)(H,53,54)/b18-17+. The summed E-state index contributed by atoms with van der Waals surface area (Å²) in [5.74, 6) is -2.36. The number of carboxylic acids is 1. The van der Waals surface area contributed by atoms with Crippen LogP contribution in [0.2, 0.25) is 0 Å². The molecule has 0 spiro atoms. The van der Waals surface area contributed by atoms with Crippen LogP contribution in [0.4, 0.5) is 0 Å². The first-order valence-electron chi connectivity index (χ1n) is 23.7. The number of hydrogen-bond acceptors (Lipinski definition) is 8. The minimum absolute atomic E-state index is 0.148. The molecule has 0 rings (SSSR count). The number of allylic oxidation sites excluding steroid dienone is 2. The topological polar surface area (TPSA) is 169 Å². The predicted octanol–water partition coefficient (Wildman–Crippen LogP) is 12.5. The number of amides is 1. The number of carboxylic acid groups (broad SMARTS) is 1. The minimum atomic E-state index is -4.75. The summed E-state index contributed by atoms with van der Waals surface area (Å²) >= 11 is 0. The van der Waals surface area contributed by atoms with Crippen molar-refractivity contribution in [2.75, 3.05) is 19.8 Å². The summed E-state index contributed by atoms with van der Waals surface area (Å²) in [6.07, 6.45) is 42.3. The Balaban J connectivity index is 3.83. The second-order valence-electron chi connectivity index (χ2n) is 16.3. The van der Waals surface area contributed by atoms with Crippen molar-refractivity contribution < 1.29 is 47.8 Å². The Morgan fingerprint density at radius 1 is 0.534 bits per heavy atom. The van der Waals surface area contributed by atoms with E-state index in [9.17, 15) is 34.1 Å². The van der Waals surface area contributed by atoms with Gasteiger partial charge in [-0.3, -0.25) is 18.6 Å². The number of carbonyl (C=O) groups is 3. The van der Waals surface area contributed by atoms with E-state index in [-0.39, 0.29) is 12.8 Å². The number of phosphoric acid groups is 1. The molecule has 1 amide bonds. The van der Waals surface area contributed by atoms with Gasteiger partial charge < -0.3 is 25.2 Å². The van der Waals surface area contributed by atoms with Crippen molar-refractivity contribution in [1.29, 1.82) is 0 Å². The van der Waals surface area contributed by atoms with E-state index in [1.165, 1.54) is 154 Å². The van der Waals surface area contributed by atoms with Gasteiger partial charge >= 0.3 is 19.8 Å². The molecule has 12 heteroatoms. The highest BCUT2D eigenvalue weighted by Gasteiger charge is 2.28. The van der Waals surface area contributed by atoms with Gasteiger partial charge in [0.05, 0.1) is 13.2 Å². The van der Waals surface area contributed by atoms with Gasteiger partial charge in [0.1, 0.15) is 12.7 Å². The molecule has 342 valence electrons. The summed E-state index contributed by atoms with van der Waals surface area (Å²) in [6, 6.07) is -1.54. The smallest absolute Gasteiger partial charge is 0.472 e. The predicted molar refractivity (Wildman–Crippen MR) is 236 cm³/mol. The molecule has 11 nitrogen and oxygen atoms in total. The lowest BCUT2D eigenvalue weighted by atomic mass is 10.0. The Labute approximate surface area is 354 Å². The number of carbonyl (C=O) groups excluding carboxylic acids is 2. The van der Waals surface area contributed by atoms with Gasteiger partial charge in [-0.1, -0.05) is 193 Å². The van der Waals surface area contributed by atoms with Crippen LogP contribution in [0.1, 0.15) is 232 Å². The number of unbranched alkanes of at least 4 members (excludes halogenated alkanes) is 29. The summed E-state index contributed by atoms with van der Waals surface area (Å²) in [5, 5.41) is 21.9. The van der Waals surface area contributed by atoms with Gasteiger partial charge in [0, 0.05) is 12.8 Å². The maximum atomic E-state index is 12.3. The summed E-state index contributed by atoms with van der Waals surface area (Å²) in [4.78, 5) is 46.0. The molecule has 58 heavy (non-hydrogen) atoms. The Hall–Kier alpha value is -1.78. The number of ether oxygens (including phenoxy) is 1. The van der Waals surface area contributed by atoms with Crippen molar-refractivity contribution in [1.82, 2.24) is 5.32 Å². The van der Waals surface area contributed by atoms with Crippen molar-refractivity contribution in [2.24, 2.45) is 0 Å². The lowest BCUT2D eigenvalue weighted by Crippen LogP contribution is -2.43. The van der Waals surface area contributed by atoms with Crippen LogP contribution in [0.15, 0.2) is 12.2 Å². The average molecular weight is 846 g/mol. The molecule has 0 aromatic carbocycles. The van der Waals surface area contributed by atoms with Crippen LogP contribution in [0.25, 0.3) is 0 Å². The first-order valence-corrected chi connectivity index (χ1v) is 25.2. The number of phosphoric ester groups is 1. The van der Waals surface area contributed by atoms with Crippen molar-refractivity contribution in [3.63, 3.8) is 0 Å². The third kappa shape index (κ3) is 41.0. The van der Waals surface area contributed by atoms with E-state index in [0.29, 0.717) is 12.8 Å². The molecular formula is C46H88NO10P. The summed E-state index contributed by atoms with van der Waals surface area (Å²) in [5.41, 5.74) is 0. The summed E-state index contributed by atoms with van der Waals surface area (Å²) in [6.45, 7) is 2.62. The average Bonchev–Trinajstić information content (AvgIpc) is 3.20. The van der Waals surface area contributed by atoms with Gasteiger partial charge in [-0.15, -0.1) is 0 Å². The van der Waals surface area contributed by atoms with E-state index >= 15 is 0 Å². The highest BCUT2D eigenvalue weighted by atomic mass is 31.2. The largest absolute Gasteiger partial charge is 0.480 e. The van der Waals surface area contributed by atoms with Crippen LogP contribution in [0.5, 0.6) is 0 Å². The summed E-state index contributed by atoms with van der Waals surface area (Å²) in [7, 11) is -4.75. The molecule has 0 aromatic rings. The van der Waals surface area contributed by atoms with Gasteiger partial charge in [0.2, 0.25) is 5.91 Å². The molecule has 0 aromatic heterocycles. The number of aliphatic carboxylic acids is 1. The van der Waals surface area contributed by atoms with Gasteiger partial charge in [-0.05, 0) is 38.5 Å². The fraction of sp³-hybridized carbons (Fsp3) is 0.891. The minimum Gasteiger partial charge on any atom is -0.480 e. The fourth-order valence-corrected chi connectivity index (χ4v) is 7.61. The number of aliphatic hydroxyl groups is 1. The second-order valence-corrected chi connectivity index (χ2v) is 17.8. The third-order valence-electron chi connectivity index (χ3n) is 10.6. The number of esters is 1. The first-order chi connectivity index (χ1) is 28.1. The molecule has 4 N–H and O–H groups in total. The highest BCUT2D eigenvalue weighted by Crippen LogP contribution is 2.43. The highest BCUT2D eigenvalue weighted by molar-refractivity contribution is 7.47. The third-order valence-corrected chi connectivity index (χ3v) is 11.5. The lowest BCUT2D eigenvalue weighted by Gasteiger charge is -2.18. The Bertz CT molecular complexity index is 1040. The molecule has 0 saturated carbocycles. The normalized spacial score (nSPS) is 13.7. The van der Waals surface area contributed by atoms with Crippen molar-refractivity contribution >= 4 is 25.7 Å². The maximum Gasteiger partial charge on any atom is 0.472 e. The molecule has 0 aliphatic heterocycles. The fourth-order valence-electron chi connectivity index (χ4n) is 6.84. The van der Waals surface area contributed by atoms with Gasteiger partial charge in [-0.2, -0.15) is 0 Å². The lowest BCUT2D eigenvalue weighted by molar-refractivity contribution is -0.147. The zero-order valence-corrected chi connectivity index (χ0v) is 38.0. The Kier molecular flexibility index (Phi) is 40.6. The molecule has 0 fully saturated rings. The quantitative estimate of drug-likeness (QED) is 0.0200. The van der Waals surface area contributed by atoms with Crippen LogP contribution < -0.4 is 5.32 Å². The molecule has 0 radical (unpaired) electrons.